The SMILES string of the molecule is Cc1cc(C(=O)N(C)C2CCCCC2Cl)ccc1Cl. The van der Waals surface area contributed by atoms with Gasteiger partial charge in [-0.05, 0) is 43.5 Å². The third kappa shape index (κ3) is 3.24. The van der Waals surface area contributed by atoms with Gasteiger partial charge >= 0.3 is 0 Å². The molecule has 2 rings (SSSR count). The molecule has 19 heavy (non-hydrogen) atoms. The molecule has 1 amide bonds. The first-order valence-corrected chi connectivity index (χ1v) is 7.49. The Morgan fingerprint density at radius 3 is 2.63 bits per heavy atom. The zero-order chi connectivity index (χ0) is 14.0. The summed E-state index contributed by atoms with van der Waals surface area (Å²) >= 11 is 12.3. The summed E-state index contributed by atoms with van der Waals surface area (Å²) in [6.07, 6.45) is 4.28. The summed E-state index contributed by atoms with van der Waals surface area (Å²) in [5.74, 6) is 0.0253. The normalized spacial score (nSPS) is 23.2. The molecular formula is C15H19Cl2NO. The van der Waals surface area contributed by atoms with Gasteiger partial charge in [0.05, 0.1) is 5.38 Å². The number of amides is 1. The summed E-state index contributed by atoms with van der Waals surface area (Å²) in [6, 6.07) is 5.53. The highest BCUT2D eigenvalue weighted by Crippen LogP contribution is 2.28. The van der Waals surface area contributed by atoms with E-state index in [0.717, 1.165) is 31.2 Å². The Kier molecular flexibility index (Phi) is 4.75. The van der Waals surface area contributed by atoms with Gasteiger partial charge in [-0.15, -0.1) is 11.6 Å². The Labute approximate surface area is 124 Å². The van der Waals surface area contributed by atoms with E-state index in [1.807, 2.05) is 20.0 Å². The molecule has 1 aliphatic rings. The van der Waals surface area contributed by atoms with Crippen LogP contribution < -0.4 is 0 Å². The van der Waals surface area contributed by atoms with Crippen LogP contribution in [0.3, 0.4) is 0 Å². The molecule has 4 heteroatoms. The Hall–Kier alpha value is -0.730. The average Bonchev–Trinajstić information content (AvgIpc) is 2.41. The quantitative estimate of drug-likeness (QED) is 0.747. The number of carbonyl (C=O) groups excluding carboxylic acids is 1. The van der Waals surface area contributed by atoms with Crippen molar-refractivity contribution in [2.75, 3.05) is 7.05 Å². The van der Waals surface area contributed by atoms with Crippen molar-refractivity contribution in [2.24, 2.45) is 0 Å². The first kappa shape index (κ1) is 14.7. The predicted molar refractivity (Wildman–Crippen MR) is 80.2 cm³/mol. The van der Waals surface area contributed by atoms with Crippen LogP contribution in [0.2, 0.25) is 5.02 Å². The van der Waals surface area contributed by atoms with Crippen molar-refractivity contribution in [1.82, 2.24) is 4.90 Å². The summed E-state index contributed by atoms with van der Waals surface area (Å²) in [5, 5.41) is 0.753. The van der Waals surface area contributed by atoms with Crippen LogP contribution >= 0.6 is 23.2 Å². The first-order valence-electron chi connectivity index (χ1n) is 6.68. The van der Waals surface area contributed by atoms with Crippen LogP contribution in [0.5, 0.6) is 0 Å². The lowest BCUT2D eigenvalue weighted by Gasteiger charge is -2.35. The Balaban J connectivity index is 2.15. The minimum absolute atomic E-state index is 0.0253. The van der Waals surface area contributed by atoms with Crippen LogP contribution in [-0.4, -0.2) is 29.3 Å². The Morgan fingerprint density at radius 1 is 1.32 bits per heavy atom. The fraction of sp³-hybridized carbons (Fsp3) is 0.533. The number of hydrogen-bond acceptors (Lipinski definition) is 1. The fourth-order valence-corrected chi connectivity index (χ4v) is 3.20. The van der Waals surface area contributed by atoms with Crippen LogP contribution in [0.25, 0.3) is 0 Å². The van der Waals surface area contributed by atoms with Crippen LogP contribution in [0.4, 0.5) is 0 Å². The second kappa shape index (κ2) is 6.15. The molecule has 1 aromatic carbocycles. The highest BCUT2D eigenvalue weighted by atomic mass is 35.5. The van der Waals surface area contributed by atoms with Crippen molar-refractivity contribution in [3.63, 3.8) is 0 Å². The molecule has 0 aromatic heterocycles. The van der Waals surface area contributed by atoms with Crippen molar-refractivity contribution in [3.05, 3.63) is 34.3 Å². The largest absolute Gasteiger partial charge is 0.337 e. The van der Waals surface area contributed by atoms with E-state index in [-0.39, 0.29) is 17.3 Å². The first-order chi connectivity index (χ1) is 9.00. The van der Waals surface area contributed by atoms with Crippen molar-refractivity contribution >= 4 is 29.1 Å². The number of halogens is 2. The van der Waals surface area contributed by atoms with E-state index in [1.54, 1.807) is 17.0 Å². The molecule has 2 unspecified atom stereocenters. The van der Waals surface area contributed by atoms with Gasteiger partial charge in [0.2, 0.25) is 0 Å². The summed E-state index contributed by atoms with van der Waals surface area (Å²) in [6.45, 7) is 1.91. The van der Waals surface area contributed by atoms with Gasteiger partial charge in [-0.2, -0.15) is 0 Å². The summed E-state index contributed by atoms with van der Waals surface area (Å²) < 4.78 is 0. The number of hydrogen-bond donors (Lipinski definition) is 0. The zero-order valence-corrected chi connectivity index (χ0v) is 12.8. The number of rotatable bonds is 2. The molecule has 0 N–H and O–H groups in total. The van der Waals surface area contributed by atoms with E-state index in [1.165, 1.54) is 0 Å². The third-order valence-electron chi connectivity index (χ3n) is 3.87. The lowest BCUT2D eigenvalue weighted by molar-refractivity contribution is 0.0700. The predicted octanol–water partition coefficient (Wildman–Crippen LogP) is 4.27. The molecule has 0 heterocycles. The van der Waals surface area contributed by atoms with Gasteiger partial charge < -0.3 is 4.90 Å². The number of benzene rings is 1. The Morgan fingerprint density at radius 2 is 2.00 bits per heavy atom. The van der Waals surface area contributed by atoms with E-state index < -0.39 is 0 Å². The molecule has 104 valence electrons. The second-order valence-electron chi connectivity index (χ2n) is 5.25. The van der Waals surface area contributed by atoms with Gasteiger partial charge in [-0.25, -0.2) is 0 Å². The molecule has 0 spiro atoms. The van der Waals surface area contributed by atoms with Crippen molar-refractivity contribution in [2.45, 2.75) is 44.0 Å². The molecule has 0 aliphatic heterocycles. The highest BCUT2D eigenvalue weighted by molar-refractivity contribution is 6.31. The van der Waals surface area contributed by atoms with Crippen LogP contribution in [-0.2, 0) is 0 Å². The number of carbonyl (C=O) groups is 1. The van der Waals surface area contributed by atoms with E-state index in [9.17, 15) is 4.79 Å². The summed E-state index contributed by atoms with van der Waals surface area (Å²) in [5.41, 5.74) is 1.60. The van der Waals surface area contributed by atoms with Gasteiger partial charge in [-0.3, -0.25) is 4.79 Å². The molecule has 0 bridgehead atoms. The zero-order valence-electron chi connectivity index (χ0n) is 11.3. The van der Waals surface area contributed by atoms with E-state index in [0.29, 0.717) is 10.6 Å². The van der Waals surface area contributed by atoms with Gasteiger partial charge in [0.1, 0.15) is 0 Å². The molecule has 2 atom stereocenters. The molecule has 1 fully saturated rings. The summed E-state index contributed by atoms with van der Waals surface area (Å²) in [7, 11) is 1.84. The maximum Gasteiger partial charge on any atom is 0.253 e. The topological polar surface area (TPSA) is 20.3 Å². The molecular weight excluding hydrogens is 281 g/mol. The third-order valence-corrected chi connectivity index (χ3v) is 4.80. The minimum atomic E-state index is 0.0253. The van der Waals surface area contributed by atoms with Gasteiger partial charge in [0.15, 0.2) is 0 Å². The van der Waals surface area contributed by atoms with Crippen LogP contribution in [0, 0.1) is 6.92 Å². The molecule has 2 nitrogen and oxygen atoms in total. The molecule has 1 aliphatic carbocycles. The minimum Gasteiger partial charge on any atom is -0.337 e. The van der Waals surface area contributed by atoms with E-state index in [4.69, 9.17) is 23.2 Å². The lowest BCUT2D eigenvalue weighted by atomic mass is 9.93. The van der Waals surface area contributed by atoms with Crippen LogP contribution in [0.15, 0.2) is 18.2 Å². The highest BCUT2D eigenvalue weighted by Gasteiger charge is 2.29. The summed E-state index contributed by atoms with van der Waals surface area (Å²) in [4.78, 5) is 14.3. The molecule has 1 saturated carbocycles. The smallest absolute Gasteiger partial charge is 0.253 e. The fourth-order valence-electron chi connectivity index (χ4n) is 2.63. The lowest BCUT2D eigenvalue weighted by Crippen LogP contribution is -2.44. The molecule has 1 aromatic rings. The molecule has 0 radical (unpaired) electrons. The van der Waals surface area contributed by atoms with Crippen molar-refractivity contribution in [3.8, 4) is 0 Å². The maximum atomic E-state index is 12.5. The monoisotopic (exact) mass is 299 g/mol. The van der Waals surface area contributed by atoms with Gasteiger partial charge in [-0.1, -0.05) is 24.4 Å². The molecule has 0 saturated heterocycles. The maximum absolute atomic E-state index is 12.5. The number of alkyl halides is 1. The van der Waals surface area contributed by atoms with Crippen LogP contribution in [0.1, 0.15) is 41.6 Å². The van der Waals surface area contributed by atoms with Crippen molar-refractivity contribution in [1.29, 1.82) is 0 Å². The van der Waals surface area contributed by atoms with Gasteiger partial charge in [0.25, 0.3) is 5.91 Å². The van der Waals surface area contributed by atoms with Crippen molar-refractivity contribution < 1.29 is 4.79 Å². The van der Waals surface area contributed by atoms with Gasteiger partial charge in [0, 0.05) is 23.7 Å². The van der Waals surface area contributed by atoms with E-state index in [2.05, 4.69) is 0 Å². The van der Waals surface area contributed by atoms with E-state index >= 15 is 0 Å². The average molecular weight is 300 g/mol. The Bertz CT molecular complexity index is 475. The number of aryl methyl sites for hydroxylation is 1. The standard InChI is InChI=1S/C15H19Cl2NO/c1-10-9-11(7-8-12(10)16)15(19)18(2)14-6-4-3-5-13(14)17/h7-9,13-14H,3-6H2,1-2H3. The number of nitrogens with zero attached hydrogens (tertiary/aromatic N) is 1. The second-order valence-corrected chi connectivity index (χ2v) is 6.22.